The van der Waals surface area contributed by atoms with Gasteiger partial charge in [0.1, 0.15) is 0 Å². The molecule has 2 rings (SSSR count). The van der Waals surface area contributed by atoms with Gasteiger partial charge in [0, 0.05) is 24.3 Å². The van der Waals surface area contributed by atoms with Crippen LogP contribution in [0.4, 0.5) is 5.69 Å². The van der Waals surface area contributed by atoms with Crippen LogP contribution in [0.2, 0.25) is 0 Å². The van der Waals surface area contributed by atoms with Gasteiger partial charge in [-0.1, -0.05) is 18.2 Å². The molecule has 0 aromatic heterocycles. The predicted octanol–water partition coefficient (Wildman–Crippen LogP) is 2.10. The van der Waals surface area contributed by atoms with Crippen LogP contribution in [0, 0.1) is 5.92 Å². The first kappa shape index (κ1) is 16.0. The monoisotopic (exact) mass is 289 g/mol. The minimum atomic E-state index is 0.137. The maximum Gasteiger partial charge on any atom is 0.241 e. The number of nitrogens with two attached hydrogens (primary N) is 1. The topological polar surface area (TPSA) is 49.6 Å². The van der Waals surface area contributed by atoms with Crippen molar-refractivity contribution in [3.63, 3.8) is 0 Å². The molecule has 116 valence electrons. The summed E-state index contributed by atoms with van der Waals surface area (Å²) in [5.41, 5.74) is 6.83. The highest BCUT2D eigenvalue weighted by Crippen LogP contribution is 2.34. The number of benzene rings is 1. The lowest BCUT2D eigenvalue weighted by molar-refractivity contribution is -0.120. The smallest absolute Gasteiger partial charge is 0.241 e. The maximum absolute atomic E-state index is 12.7. The number of hydrogen-bond donors (Lipinski definition) is 1. The first-order valence-electron chi connectivity index (χ1n) is 7.82. The van der Waals surface area contributed by atoms with Crippen molar-refractivity contribution < 1.29 is 4.79 Å². The second-order valence-corrected chi connectivity index (χ2v) is 6.25. The molecule has 4 heteroatoms. The SMILES string of the molecule is CC(C)N(C(=O)CN(C)C(CN)C1CC1)c1ccccc1. The average molecular weight is 289 g/mol. The minimum absolute atomic E-state index is 0.137. The summed E-state index contributed by atoms with van der Waals surface area (Å²) < 4.78 is 0. The van der Waals surface area contributed by atoms with Gasteiger partial charge >= 0.3 is 0 Å². The van der Waals surface area contributed by atoms with E-state index in [1.54, 1.807) is 0 Å². The van der Waals surface area contributed by atoms with Gasteiger partial charge in [-0.3, -0.25) is 9.69 Å². The fourth-order valence-corrected chi connectivity index (χ4v) is 2.94. The number of para-hydroxylation sites is 1. The Bertz CT molecular complexity index is 456. The van der Waals surface area contributed by atoms with Gasteiger partial charge in [0.2, 0.25) is 5.91 Å². The Kier molecular flexibility index (Phi) is 5.37. The van der Waals surface area contributed by atoms with Crippen molar-refractivity contribution in [3.8, 4) is 0 Å². The molecule has 1 aliphatic rings. The molecule has 2 N–H and O–H groups in total. The van der Waals surface area contributed by atoms with Gasteiger partial charge in [0.05, 0.1) is 6.54 Å². The molecule has 4 nitrogen and oxygen atoms in total. The normalized spacial score (nSPS) is 16.3. The molecular formula is C17H27N3O. The number of nitrogens with zero attached hydrogens (tertiary/aromatic N) is 2. The zero-order valence-electron chi connectivity index (χ0n) is 13.3. The van der Waals surface area contributed by atoms with Gasteiger partial charge < -0.3 is 10.6 Å². The van der Waals surface area contributed by atoms with E-state index < -0.39 is 0 Å². The standard InChI is InChI=1S/C17H27N3O/c1-13(2)20(15-7-5-4-6-8-15)17(21)12-19(3)16(11-18)14-9-10-14/h4-8,13-14,16H,9-12,18H2,1-3H3. The Balaban J connectivity index is 2.05. The molecule has 0 bridgehead atoms. The first-order valence-corrected chi connectivity index (χ1v) is 7.82. The molecule has 1 aromatic carbocycles. The number of amides is 1. The van der Waals surface area contributed by atoms with Gasteiger partial charge in [-0.05, 0) is 51.8 Å². The lowest BCUT2D eigenvalue weighted by atomic mass is 10.1. The molecule has 0 aliphatic heterocycles. The third kappa shape index (κ3) is 4.05. The highest BCUT2D eigenvalue weighted by molar-refractivity contribution is 5.95. The lowest BCUT2D eigenvalue weighted by Gasteiger charge is -2.32. The van der Waals surface area contributed by atoms with Crippen LogP contribution in [0.3, 0.4) is 0 Å². The van der Waals surface area contributed by atoms with Crippen molar-refractivity contribution in [3.05, 3.63) is 30.3 Å². The van der Waals surface area contributed by atoms with Crippen molar-refractivity contribution in [2.45, 2.75) is 38.8 Å². The Morgan fingerprint density at radius 1 is 1.29 bits per heavy atom. The molecule has 21 heavy (non-hydrogen) atoms. The van der Waals surface area contributed by atoms with Gasteiger partial charge in [0.15, 0.2) is 0 Å². The van der Waals surface area contributed by atoms with E-state index in [0.29, 0.717) is 25.0 Å². The number of carbonyl (C=O) groups excluding carboxylic acids is 1. The van der Waals surface area contributed by atoms with Crippen molar-refractivity contribution in [2.75, 3.05) is 25.0 Å². The zero-order chi connectivity index (χ0) is 15.4. The van der Waals surface area contributed by atoms with Gasteiger partial charge in [0.25, 0.3) is 0 Å². The van der Waals surface area contributed by atoms with E-state index in [-0.39, 0.29) is 11.9 Å². The van der Waals surface area contributed by atoms with Crippen LogP contribution in [0.1, 0.15) is 26.7 Å². The predicted molar refractivity (Wildman–Crippen MR) is 87.3 cm³/mol. The van der Waals surface area contributed by atoms with Crippen molar-refractivity contribution in [2.24, 2.45) is 11.7 Å². The van der Waals surface area contributed by atoms with Gasteiger partial charge in [-0.15, -0.1) is 0 Å². The van der Waals surface area contributed by atoms with Crippen LogP contribution in [0.15, 0.2) is 30.3 Å². The fourth-order valence-electron chi connectivity index (χ4n) is 2.94. The Labute approximate surface area is 127 Å². The summed E-state index contributed by atoms with van der Waals surface area (Å²) in [6.45, 7) is 5.14. The Morgan fingerprint density at radius 3 is 2.38 bits per heavy atom. The van der Waals surface area contributed by atoms with Gasteiger partial charge in [-0.25, -0.2) is 0 Å². The summed E-state index contributed by atoms with van der Waals surface area (Å²) in [6.07, 6.45) is 2.49. The van der Waals surface area contributed by atoms with E-state index in [1.165, 1.54) is 12.8 Å². The molecule has 1 fully saturated rings. The number of rotatable bonds is 7. The second kappa shape index (κ2) is 7.05. The fraction of sp³-hybridized carbons (Fsp3) is 0.588. The second-order valence-electron chi connectivity index (χ2n) is 6.25. The quantitative estimate of drug-likeness (QED) is 0.836. The molecule has 1 unspecified atom stereocenters. The van der Waals surface area contributed by atoms with Gasteiger partial charge in [-0.2, -0.15) is 0 Å². The summed E-state index contributed by atoms with van der Waals surface area (Å²) in [6, 6.07) is 10.3. The van der Waals surface area contributed by atoms with E-state index in [2.05, 4.69) is 4.90 Å². The molecule has 0 saturated heterocycles. The molecule has 1 aromatic rings. The first-order chi connectivity index (χ1) is 10.0. The van der Waals surface area contributed by atoms with Crippen LogP contribution in [0.5, 0.6) is 0 Å². The van der Waals surface area contributed by atoms with Crippen LogP contribution in [0.25, 0.3) is 0 Å². The number of likely N-dealkylation sites (N-methyl/N-ethyl adjacent to an activating group) is 1. The van der Waals surface area contributed by atoms with E-state index >= 15 is 0 Å². The van der Waals surface area contributed by atoms with Crippen molar-refractivity contribution in [1.29, 1.82) is 0 Å². The summed E-state index contributed by atoms with van der Waals surface area (Å²) in [5, 5.41) is 0. The average Bonchev–Trinajstić information content (AvgIpc) is 3.25. The molecule has 0 spiro atoms. The summed E-state index contributed by atoms with van der Waals surface area (Å²) in [5.74, 6) is 0.815. The van der Waals surface area contributed by atoms with Crippen LogP contribution in [-0.4, -0.2) is 43.0 Å². The number of carbonyl (C=O) groups is 1. The lowest BCUT2D eigenvalue weighted by Crippen LogP contribution is -2.48. The molecular weight excluding hydrogens is 262 g/mol. The third-order valence-electron chi connectivity index (χ3n) is 4.18. The van der Waals surface area contributed by atoms with Crippen molar-refractivity contribution in [1.82, 2.24) is 4.90 Å². The van der Waals surface area contributed by atoms with Crippen LogP contribution in [-0.2, 0) is 4.79 Å². The molecule has 0 radical (unpaired) electrons. The van der Waals surface area contributed by atoms with E-state index in [1.807, 2.05) is 56.1 Å². The summed E-state index contributed by atoms with van der Waals surface area (Å²) in [4.78, 5) is 16.7. The maximum atomic E-state index is 12.7. The van der Waals surface area contributed by atoms with Crippen LogP contribution >= 0.6 is 0 Å². The summed E-state index contributed by atoms with van der Waals surface area (Å²) in [7, 11) is 2.01. The Morgan fingerprint density at radius 2 is 1.90 bits per heavy atom. The van der Waals surface area contributed by atoms with E-state index in [0.717, 1.165) is 5.69 Å². The third-order valence-corrected chi connectivity index (χ3v) is 4.18. The number of anilines is 1. The molecule has 0 heterocycles. The molecule has 1 saturated carbocycles. The van der Waals surface area contributed by atoms with E-state index in [9.17, 15) is 4.79 Å². The molecule has 1 amide bonds. The van der Waals surface area contributed by atoms with E-state index in [4.69, 9.17) is 5.73 Å². The number of hydrogen-bond acceptors (Lipinski definition) is 3. The Hall–Kier alpha value is -1.39. The largest absolute Gasteiger partial charge is 0.329 e. The minimum Gasteiger partial charge on any atom is -0.329 e. The molecule has 1 aliphatic carbocycles. The van der Waals surface area contributed by atoms with Crippen molar-refractivity contribution >= 4 is 11.6 Å². The highest BCUT2D eigenvalue weighted by atomic mass is 16.2. The highest BCUT2D eigenvalue weighted by Gasteiger charge is 2.34. The van der Waals surface area contributed by atoms with Crippen LogP contribution < -0.4 is 10.6 Å². The molecule has 1 atom stereocenters. The zero-order valence-corrected chi connectivity index (χ0v) is 13.3. The summed E-state index contributed by atoms with van der Waals surface area (Å²) >= 11 is 0.